The molecule has 3 aromatic heterocycles. The van der Waals surface area contributed by atoms with Crippen LogP contribution in [0.25, 0.3) is 5.65 Å². The van der Waals surface area contributed by atoms with Gasteiger partial charge >= 0.3 is 6.18 Å². The summed E-state index contributed by atoms with van der Waals surface area (Å²) in [5, 5.41) is 10.3. The number of pyridine rings is 2. The van der Waals surface area contributed by atoms with Crippen molar-refractivity contribution in [3.05, 3.63) is 59.3 Å². The second kappa shape index (κ2) is 7.71. The lowest BCUT2D eigenvalue weighted by Crippen LogP contribution is -2.13. The fraction of sp³-hybridized carbons (Fsp3) is 0.381. The maximum Gasteiger partial charge on any atom is 0.433 e. The number of aromatic nitrogens is 3. The quantitative estimate of drug-likeness (QED) is 0.586. The number of Topliss-reactive ketones (excluding diaryl/α,β-unsaturated/α-hetero) is 1. The second-order valence-electron chi connectivity index (χ2n) is 7.32. The third-order valence-electron chi connectivity index (χ3n) is 5.00. The molecule has 4 rings (SSSR count). The first-order valence-corrected chi connectivity index (χ1v) is 9.66. The van der Waals surface area contributed by atoms with Crippen LogP contribution in [0, 0.1) is 5.92 Å². The zero-order valence-corrected chi connectivity index (χ0v) is 16.2. The molecule has 1 aliphatic carbocycles. The molecule has 0 radical (unpaired) electrons. The fourth-order valence-corrected chi connectivity index (χ4v) is 3.31. The standard InChI is InChI=1S/C21H20F3N3O3/c1-2-30-17-9-19-26-15(20(29)12-6-7-12)11-27(19)10-13(17)8-16(28)14-4-3-5-18(25-14)21(22,23)24/h3-5,9-12,20,29H,2,6-8H2,1H3/t20-/m0/s1. The third-order valence-corrected chi connectivity index (χ3v) is 5.00. The van der Waals surface area contributed by atoms with E-state index >= 15 is 0 Å². The first kappa shape index (κ1) is 20.3. The third kappa shape index (κ3) is 4.16. The molecule has 3 aromatic rings. The summed E-state index contributed by atoms with van der Waals surface area (Å²) in [5.41, 5.74) is 0.230. The van der Waals surface area contributed by atoms with Crippen LogP contribution >= 0.6 is 0 Å². The molecule has 158 valence electrons. The van der Waals surface area contributed by atoms with E-state index in [2.05, 4.69) is 9.97 Å². The van der Waals surface area contributed by atoms with Crippen LogP contribution < -0.4 is 4.74 Å². The molecule has 0 saturated heterocycles. The van der Waals surface area contributed by atoms with Crippen LogP contribution in [0.3, 0.4) is 0 Å². The molecule has 6 nitrogen and oxygen atoms in total. The average Bonchev–Trinajstić information content (AvgIpc) is 3.47. The number of fused-ring (bicyclic) bond motifs is 1. The van der Waals surface area contributed by atoms with Crippen molar-refractivity contribution in [2.45, 2.75) is 38.5 Å². The monoisotopic (exact) mass is 419 g/mol. The van der Waals surface area contributed by atoms with E-state index in [1.807, 2.05) is 0 Å². The molecule has 1 fully saturated rings. The second-order valence-corrected chi connectivity index (χ2v) is 7.32. The molecule has 0 amide bonds. The van der Waals surface area contributed by atoms with Crippen molar-refractivity contribution in [2.75, 3.05) is 6.61 Å². The van der Waals surface area contributed by atoms with E-state index in [-0.39, 0.29) is 18.0 Å². The summed E-state index contributed by atoms with van der Waals surface area (Å²) in [6, 6.07) is 4.91. The molecule has 0 spiro atoms. The van der Waals surface area contributed by atoms with Gasteiger partial charge < -0.3 is 14.2 Å². The molecule has 1 aliphatic rings. The summed E-state index contributed by atoms with van der Waals surface area (Å²) in [6.07, 6.45) is -0.169. The van der Waals surface area contributed by atoms with Gasteiger partial charge in [-0.15, -0.1) is 0 Å². The number of carbonyl (C=O) groups is 1. The van der Waals surface area contributed by atoms with Crippen LogP contribution in [0.4, 0.5) is 13.2 Å². The highest BCUT2D eigenvalue weighted by Crippen LogP contribution is 2.40. The molecular formula is C21H20F3N3O3. The van der Waals surface area contributed by atoms with Crippen LogP contribution in [0.1, 0.15) is 53.3 Å². The highest BCUT2D eigenvalue weighted by Gasteiger charge is 2.33. The van der Waals surface area contributed by atoms with E-state index in [1.165, 1.54) is 6.07 Å². The van der Waals surface area contributed by atoms with Gasteiger partial charge in [0, 0.05) is 30.4 Å². The summed E-state index contributed by atoms with van der Waals surface area (Å²) in [6.45, 7) is 2.13. The lowest BCUT2D eigenvalue weighted by Gasteiger charge is -2.11. The van der Waals surface area contributed by atoms with Gasteiger partial charge in [0.2, 0.25) is 0 Å². The minimum Gasteiger partial charge on any atom is -0.493 e. The molecule has 30 heavy (non-hydrogen) atoms. The number of rotatable bonds is 7. The topological polar surface area (TPSA) is 76.7 Å². The SMILES string of the molecule is CCOc1cc2nc([C@@H](O)C3CC3)cn2cc1CC(=O)c1cccc(C(F)(F)F)n1. The molecule has 0 bridgehead atoms. The van der Waals surface area contributed by atoms with Gasteiger partial charge in [0.25, 0.3) is 0 Å². The number of ether oxygens (including phenoxy) is 1. The Kier molecular flexibility index (Phi) is 5.23. The highest BCUT2D eigenvalue weighted by atomic mass is 19.4. The predicted octanol–water partition coefficient (Wildman–Crippen LogP) is 4.02. The fourth-order valence-electron chi connectivity index (χ4n) is 3.31. The normalized spacial score (nSPS) is 15.4. The zero-order valence-electron chi connectivity index (χ0n) is 16.2. The van der Waals surface area contributed by atoms with Gasteiger partial charge in [-0.2, -0.15) is 13.2 Å². The molecule has 0 unspecified atom stereocenters. The van der Waals surface area contributed by atoms with E-state index < -0.39 is 23.8 Å². The van der Waals surface area contributed by atoms with Crippen molar-refractivity contribution < 1.29 is 27.8 Å². The van der Waals surface area contributed by atoms with Gasteiger partial charge in [-0.1, -0.05) is 6.07 Å². The van der Waals surface area contributed by atoms with E-state index in [4.69, 9.17) is 4.74 Å². The number of hydrogen-bond acceptors (Lipinski definition) is 5. The minimum absolute atomic E-state index is 0.182. The minimum atomic E-state index is -4.62. The van der Waals surface area contributed by atoms with Crippen molar-refractivity contribution in [3.63, 3.8) is 0 Å². The van der Waals surface area contributed by atoms with Gasteiger partial charge in [-0.3, -0.25) is 4.79 Å². The Labute approximate surface area is 170 Å². The average molecular weight is 419 g/mol. The van der Waals surface area contributed by atoms with Crippen LogP contribution in [-0.2, 0) is 12.6 Å². The number of carbonyl (C=O) groups excluding carboxylic acids is 1. The molecule has 1 atom stereocenters. The number of halogens is 3. The smallest absolute Gasteiger partial charge is 0.433 e. The number of ketones is 1. The van der Waals surface area contributed by atoms with Crippen molar-refractivity contribution in [1.29, 1.82) is 0 Å². The van der Waals surface area contributed by atoms with Gasteiger partial charge in [-0.25, -0.2) is 9.97 Å². The van der Waals surface area contributed by atoms with Crippen molar-refractivity contribution in [1.82, 2.24) is 14.4 Å². The maximum atomic E-state index is 12.9. The lowest BCUT2D eigenvalue weighted by molar-refractivity contribution is -0.141. The van der Waals surface area contributed by atoms with Crippen molar-refractivity contribution in [3.8, 4) is 5.75 Å². The summed E-state index contributed by atoms with van der Waals surface area (Å²) in [4.78, 5) is 20.6. The summed E-state index contributed by atoms with van der Waals surface area (Å²) in [5.74, 6) is 0.0810. The van der Waals surface area contributed by atoms with E-state index in [9.17, 15) is 23.1 Å². The number of hydrogen-bond donors (Lipinski definition) is 1. The van der Waals surface area contributed by atoms with Gasteiger partial charge in [-0.05, 0) is 37.8 Å². The van der Waals surface area contributed by atoms with Crippen LogP contribution in [-0.4, -0.2) is 31.9 Å². The lowest BCUT2D eigenvalue weighted by atomic mass is 10.1. The number of aliphatic hydroxyl groups excluding tert-OH is 1. The summed E-state index contributed by atoms with van der Waals surface area (Å²) >= 11 is 0. The van der Waals surface area contributed by atoms with Crippen molar-refractivity contribution >= 4 is 11.4 Å². The first-order valence-electron chi connectivity index (χ1n) is 9.66. The Balaban J connectivity index is 1.65. The first-order chi connectivity index (χ1) is 14.3. The number of imidazole rings is 1. The number of aliphatic hydroxyl groups is 1. The summed E-state index contributed by atoms with van der Waals surface area (Å²) in [7, 11) is 0. The van der Waals surface area contributed by atoms with E-state index in [1.54, 1.807) is 29.8 Å². The van der Waals surface area contributed by atoms with Gasteiger partial charge in [0.1, 0.15) is 28.9 Å². The maximum absolute atomic E-state index is 12.9. The molecular weight excluding hydrogens is 399 g/mol. The molecule has 0 aromatic carbocycles. The molecule has 9 heteroatoms. The Morgan fingerprint density at radius 2 is 2.07 bits per heavy atom. The van der Waals surface area contributed by atoms with E-state index in [0.29, 0.717) is 29.3 Å². The van der Waals surface area contributed by atoms with E-state index in [0.717, 1.165) is 25.0 Å². The molecule has 1 N–H and O–H groups in total. The Hall–Kier alpha value is -2.94. The zero-order chi connectivity index (χ0) is 21.5. The van der Waals surface area contributed by atoms with Crippen molar-refractivity contribution in [2.24, 2.45) is 5.92 Å². The Morgan fingerprint density at radius 3 is 2.73 bits per heavy atom. The molecule has 1 saturated carbocycles. The highest BCUT2D eigenvalue weighted by molar-refractivity contribution is 5.96. The largest absolute Gasteiger partial charge is 0.493 e. The van der Waals surface area contributed by atoms with Crippen LogP contribution in [0.2, 0.25) is 0 Å². The Bertz CT molecular complexity index is 1090. The van der Waals surface area contributed by atoms with Gasteiger partial charge in [0.05, 0.1) is 12.3 Å². The number of alkyl halides is 3. The Morgan fingerprint density at radius 1 is 1.30 bits per heavy atom. The van der Waals surface area contributed by atoms with Crippen LogP contribution in [0.5, 0.6) is 5.75 Å². The molecule has 0 aliphatic heterocycles. The predicted molar refractivity (Wildman–Crippen MR) is 101 cm³/mol. The summed E-state index contributed by atoms with van der Waals surface area (Å²) < 4.78 is 46.0. The number of nitrogens with zero attached hydrogens (tertiary/aromatic N) is 3. The van der Waals surface area contributed by atoms with Gasteiger partial charge in [0.15, 0.2) is 5.78 Å². The van der Waals surface area contributed by atoms with Crippen LogP contribution in [0.15, 0.2) is 36.7 Å². The molecule has 3 heterocycles.